The van der Waals surface area contributed by atoms with Gasteiger partial charge in [0.25, 0.3) is 0 Å². The van der Waals surface area contributed by atoms with Crippen molar-refractivity contribution in [3.8, 4) is 0 Å². The average molecular weight is 478 g/mol. The van der Waals surface area contributed by atoms with E-state index < -0.39 is 0 Å². The highest BCUT2D eigenvalue weighted by atomic mass is 15.2. The van der Waals surface area contributed by atoms with Gasteiger partial charge in [0.2, 0.25) is 0 Å². The summed E-state index contributed by atoms with van der Waals surface area (Å²) in [4.78, 5) is 2.03. The quantitative estimate of drug-likeness (QED) is 0.153. The number of hydrogen-bond acceptors (Lipinski definition) is 3. The highest BCUT2D eigenvalue weighted by Crippen LogP contribution is 2.24. The van der Waals surface area contributed by atoms with E-state index in [4.69, 9.17) is 5.84 Å². The predicted octanol–water partition coefficient (Wildman–Crippen LogP) is 8.32. The van der Waals surface area contributed by atoms with E-state index in [1.165, 1.54) is 42.4 Å². The largest absolute Gasteiger partial charge is 0.376 e. The van der Waals surface area contributed by atoms with Crippen molar-refractivity contribution in [2.45, 2.75) is 80.1 Å². The zero-order valence-corrected chi connectivity index (χ0v) is 23.8. The summed E-state index contributed by atoms with van der Waals surface area (Å²) in [5.74, 6) is 6.49. The Morgan fingerprint density at radius 2 is 1.63 bits per heavy atom. The summed E-state index contributed by atoms with van der Waals surface area (Å²) in [5, 5.41) is 4.12. The van der Waals surface area contributed by atoms with Crippen LogP contribution in [0.2, 0.25) is 0 Å². The van der Waals surface area contributed by atoms with Crippen molar-refractivity contribution in [3.05, 3.63) is 95.2 Å². The van der Waals surface area contributed by atoms with Gasteiger partial charge in [-0.05, 0) is 42.9 Å². The van der Waals surface area contributed by atoms with Gasteiger partial charge in [0, 0.05) is 19.7 Å². The number of aryl methyl sites for hydroxylation is 2. The van der Waals surface area contributed by atoms with Crippen LogP contribution in [0.4, 0.5) is 0 Å². The monoisotopic (exact) mass is 477 g/mol. The minimum Gasteiger partial charge on any atom is -0.376 e. The van der Waals surface area contributed by atoms with Gasteiger partial charge in [-0.1, -0.05) is 127 Å². The van der Waals surface area contributed by atoms with E-state index in [0.717, 1.165) is 29.8 Å². The second-order valence-electron chi connectivity index (χ2n) is 8.81. The topological polar surface area (TPSA) is 41.6 Å². The van der Waals surface area contributed by atoms with Crippen molar-refractivity contribution in [2.24, 2.45) is 16.9 Å². The lowest BCUT2D eigenvalue weighted by Crippen LogP contribution is -2.23. The molecule has 0 radical (unpaired) electrons. The number of hydrazone groups is 1. The predicted molar refractivity (Wildman–Crippen MR) is 158 cm³/mol. The first-order chi connectivity index (χ1) is 16.9. The third-order valence-electron chi connectivity index (χ3n) is 5.79. The molecule has 0 unspecified atom stereocenters. The minimum absolute atomic E-state index is 0.714. The molecule has 0 aliphatic rings. The number of hydrogen-bond donors (Lipinski definition) is 1. The zero-order valence-electron chi connectivity index (χ0n) is 23.8. The van der Waals surface area contributed by atoms with Crippen LogP contribution in [0.15, 0.2) is 78.1 Å². The molecular weight excluding hydrogens is 426 g/mol. The number of nitrogens with two attached hydrogens (primary N) is 1. The molecule has 2 rings (SSSR count). The normalized spacial score (nSPS) is 11.2. The van der Waals surface area contributed by atoms with Crippen LogP contribution in [0.1, 0.15) is 82.6 Å². The van der Waals surface area contributed by atoms with Crippen molar-refractivity contribution in [1.29, 1.82) is 0 Å². The van der Waals surface area contributed by atoms with Crippen molar-refractivity contribution in [2.75, 3.05) is 14.1 Å². The van der Waals surface area contributed by atoms with Crippen LogP contribution in [0.5, 0.6) is 0 Å². The van der Waals surface area contributed by atoms with E-state index in [-0.39, 0.29) is 0 Å². The molecule has 0 fully saturated rings. The molecule has 0 aliphatic carbocycles. The highest BCUT2D eigenvalue weighted by molar-refractivity contribution is 6.13. The van der Waals surface area contributed by atoms with Gasteiger partial charge in [0.1, 0.15) is 5.71 Å². The van der Waals surface area contributed by atoms with Crippen LogP contribution in [-0.2, 0) is 12.8 Å². The molecule has 0 saturated heterocycles. The van der Waals surface area contributed by atoms with Gasteiger partial charge in [-0.15, -0.1) is 0 Å². The molecule has 3 heteroatoms. The van der Waals surface area contributed by atoms with Crippen molar-refractivity contribution in [1.82, 2.24) is 4.90 Å². The lowest BCUT2D eigenvalue weighted by atomic mass is 9.87. The molecule has 0 heterocycles. The summed E-state index contributed by atoms with van der Waals surface area (Å²) in [7, 11) is 4.00. The Morgan fingerprint density at radius 3 is 2.09 bits per heavy atom. The fraction of sp³-hybridized carbons (Fsp3) is 0.469. The minimum atomic E-state index is 0.714. The summed E-state index contributed by atoms with van der Waals surface area (Å²) in [6, 6.07) is 17.1. The Labute approximate surface area is 216 Å². The third-order valence-corrected chi connectivity index (χ3v) is 5.79. The lowest BCUT2D eigenvalue weighted by Gasteiger charge is -2.22. The summed E-state index contributed by atoms with van der Waals surface area (Å²) in [5.41, 5.74) is 7.03. The van der Waals surface area contributed by atoms with E-state index in [2.05, 4.69) is 87.9 Å². The van der Waals surface area contributed by atoms with Crippen LogP contribution in [-0.4, -0.2) is 24.7 Å². The first-order valence-electron chi connectivity index (χ1n) is 13.3. The molecule has 0 saturated carbocycles. The molecule has 35 heavy (non-hydrogen) atoms. The molecule has 0 atom stereocenters. The Bertz CT molecular complexity index is 887. The fourth-order valence-corrected chi connectivity index (χ4v) is 4.16. The summed E-state index contributed by atoms with van der Waals surface area (Å²) >= 11 is 0. The molecule has 194 valence electrons. The molecule has 0 aromatic heterocycles. The van der Waals surface area contributed by atoms with Crippen LogP contribution in [0, 0.1) is 12.8 Å². The van der Waals surface area contributed by atoms with Gasteiger partial charge in [0.05, 0.1) is 5.70 Å². The maximum atomic E-state index is 5.78. The number of likely N-dealkylation sites (N-methyl/N-ethyl adjacent to an activating group) is 1. The molecule has 2 N–H and O–H groups in total. The van der Waals surface area contributed by atoms with E-state index in [1.54, 1.807) is 6.08 Å². The maximum absolute atomic E-state index is 5.78. The maximum Gasteiger partial charge on any atom is 0.113 e. The average Bonchev–Trinajstić information content (AvgIpc) is 2.86. The van der Waals surface area contributed by atoms with Gasteiger partial charge >= 0.3 is 0 Å². The molecular formula is C32H51N3. The summed E-state index contributed by atoms with van der Waals surface area (Å²) in [6.45, 7) is 16.6. The molecule has 3 nitrogen and oxygen atoms in total. The van der Waals surface area contributed by atoms with Gasteiger partial charge in [-0.25, -0.2) is 0 Å². The lowest BCUT2D eigenvalue weighted by molar-refractivity contribution is 0.438. The molecule has 0 spiro atoms. The highest BCUT2D eigenvalue weighted by Gasteiger charge is 2.17. The third kappa shape index (κ3) is 11.9. The first kappa shape index (κ1) is 32.2. The number of rotatable bonds is 11. The van der Waals surface area contributed by atoms with Crippen LogP contribution in [0.25, 0.3) is 0 Å². The Hall–Kier alpha value is -2.81. The molecule has 2 aromatic carbocycles. The Balaban J connectivity index is 0.000000870. The second-order valence-corrected chi connectivity index (χ2v) is 8.81. The van der Waals surface area contributed by atoms with Crippen LogP contribution >= 0.6 is 0 Å². The smallest absolute Gasteiger partial charge is 0.113 e. The zero-order chi connectivity index (χ0) is 26.6. The van der Waals surface area contributed by atoms with Crippen molar-refractivity contribution >= 4 is 5.71 Å². The number of nitrogens with zero attached hydrogens (tertiary/aromatic N) is 2. The molecule has 2 aromatic rings. The Kier molecular flexibility index (Phi) is 17.9. The van der Waals surface area contributed by atoms with Gasteiger partial charge in [-0.2, -0.15) is 5.10 Å². The van der Waals surface area contributed by atoms with Gasteiger partial charge < -0.3 is 10.7 Å². The Morgan fingerprint density at radius 1 is 1.00 bits per heavy atom. The molecule has 0 amide bonds. The van der Waals surface area contributed by atoms with E-state index in [1.807, 2.05) is 38.9 Å². The van der Waals surface area contributed by atoms with E-state index >= 15 is 0 Å². The van der Waals surface area contributed by atoms with Crippen molar-refractivity contribution < 1.29 is 0 Å². The SMILES string of the molecule is C=C/C=C(/C(=N/N)c1ccccc1CC(CCC)CCC)N(C)C.CC.CCc1cccc(C)c1. The number of benzene rings is 2. The standard InChI is InChI=1S/C21H33N3.C9H12.C2H6/c1-6-11-17(12-7-2)16-18-14-9-10-15-19(18)21(23-22)20(13-8-3)24(4)5;1-3-9-6-4-5-8(2)7-9;1-2/h8-10,13-15,17H,3,6-7,11-12,16,22H2,1-2,4-5H3;4-7H,3H2,1-2H3;1-2H3/b20-13-,23-21+;;. The van der Waals surface area contributed by atoms with Gasteiger partial charge in [-0.3, -0.25) is 0 Å². The second kappa shape index (κ2) is 19.5. The first-order valence-corrected chi connectivity index (χ1v) is 13.3. The van der Waals surface area contributed by atoms with Crippen molar-refractivity contribution in [3.63, 3.8) is 0 Å². The summed E-state index contributed by atoms with van der Waals surface area (Å²) in [6.07, 6.45) is 10.9. The van der Waals surface area contributed by atoms with Crippen LogP contribution < -0.4 is 5.84 Å². The molecule has 0 bridgehead atoms. The number of allylic oxidation sites excluding steroid dienone is 3. The van der Waals surface area contributed by atoms with Gasteiger partial charge in [0.15, 0.2) is 0 Å². The fourth-order valence-electron chi connectivity index (χ4n) is 4.16. The molecule has 0 aliphatic heterocycles. The van der Waals surface area contributed by atoms with Crippen LogP contribution in [0.3, 0.4) is 0 Å². The van der Waals surface area contributed by atoms with E-state index in [0.29, 0.717) is 5.92 Å². The van der Waals surface area contributed by atoms with E-state index in [9.17, 15) is 0 Å². The summed E-state index contributed by atoms with van der Waals surface area (Å²) < 4.78 is 0.